The fraction of sp³-hybridized carbons (Fsp3) is 0.429. The Balaban J connectivity index is 2.38. The maximum Gasteiger partial charge on any atom is 0.246 e. The van der Waals surface area contributed by atoms with E-state index >= 15 is 0 Å². The van der Waals surface area contributed by atoms with E-state index in [1.54, 1.807) is 20.2 Å². The zero-order valence-corrected chi connectivity index (χ0v) is 11.6. The molecule has 0 bridgehead atoms. The number of halogens is 1. The van der Waals surface area contributed by atoms with Crippen molar-refractivity contribution in [1.82, 2.24) is 10.2 Å². The lowest BCUT2D eigenvalue weighted by Crippen LogP contribution is -2.58. The zero-order valence-electron chi connectivity index (χ0n) is 11.6. The minimum atomic E-state index is -0.448. The predicted octanol–water partition coefficient (Wildman–Crippen LogP) is 0.564. The summed E-state index contributed by atoms with van der Waals surface area (Å²) in [5.74, 6) is -0.485. The van der Waals surface area contributed by atoms with E-state index in [0.717, 1.165) is 6.54 Å². The van der Waals surface area contributed by atoms with E-state index in [2.05, 4.69) is 5.32 Å². The number of likely N-dealkylation sites (N-methyl/N-ethyl adjacent to an activating group) is 1. The van der Waals surface area contributed by atoms with E-state index in [9.17, 15) is 9.18 Å². The predicted molar refractivity (Wildman–Crippen MR) is 73.8 cm³/mol. The van der Waals surface area contributed by atoms with Crippen LogP contribution in [0.25, 0.3) is 0 Å². The molecule has 1 aromatic rings. The molecule has 1 aliphatic heterocycles. The van der Waals surface area contributed by atoms with Gasteiger partial charge in [-0.1, -0.05) is 0 Å². The number of carbonyl (C=O) groups excluding carboxylic acids is 1. The van der Waals surface area contributed by atoms with Crippen molar-refractivity contribution in [2.24, 2.45) is 0 Å². The van der Waals surface area contributed by atoms with Gasteiger partial charge in [0.2, 0.25) is 5.91 Å². The second-order valence-electron chi connectivity index (χ2n) is 4.92. The van der Waals surface area contributed by atoms with E-state index in [1.807, 2.05) is 11.0 Å². The van der Waals surface area contributed by atoms with Crippen LogP contribution in [0.15, 0.2) is 18.2 Å². The first-order valence-corrected chi connectivity index (χ1v) is 6.42. The van der Waals surface area contributed by atoms with Crippen molar-refractivity contribution < 1.29 is 9.18 Å². The molecule has 1 atom stereocenters. The first kappa shape index (κ1) is 14.3. The van der Waals surface area contributed by atoms with E-state index < -0.39 is 5.82 Å². The van der Waals surface area contributed by atoms with Crippen LogP contribution in [0.3, 0.4) is 0 Å². The second-order valence-corrected chi connectivity index (χ2v) is 4.92. The number of benzene rings is 1. The zero-order chi connectivity index (χ0) is 14.7. The van der Waals surface area contributed by atoms with Crippen LogP contribution in [0.4, 0.5) is 10.1 Å². The summed E-state index contributed by atoms with van der Waals surface area (Å²) in [6.45, 7) is 1.84. The summed E-state index contributed by atoms with van der Waals surface area (Å²) in [7, 11) is 3.40. The van der Waals surface area contributed by atoms with Gasteiger partial charge in [0, 0.05) is 33.7 Å². The monoisotopic (exact) mass is 276 g/mol. The Morgan fingerprint density at radius 2 is 2.30 bits per heavy atom. The summed E-state index contributed by atoms with van der Waals surface area (Å²) < 4.78 is 13.2. The topological polar surface area (TPSA) is 59.4 Å². The van der Waals surface area contributed by atoms with Crippen molar-refractivity contribution in [2.75, 3.05) is 38.6 Å². The molecule has 0 saturated carbocycles. The molecule has 0 aliphatic carbocycles. The molecule has 1 N–H and O–H groups in total. The van der Waals surface area contributed by atoms with Gasteiger partial charge in [0.15, 0.2) is 0 Å². The number of piperazine rings is 1. The molecule has 1 aromatic carbocycles. The smallest absolute Gasteiger partial charge is 0.246 e. The third-order valence-electron chi connectivity index (χ3n) is 3.36. The molecule has 2 rings (SSSR count). The van der Waals surface area contributed by atoms with Crippen molar-refractivity contribution in [3.05, 3.63) is 29.6 Å². The van der Waals surface area contributed by atoms with Gasteiger partial charge in [-0.25, -0.2) is 4.39 Å². The number of anilines is 1. The first-order chi connectivity index (χ1) is 9.54. The number of amides is 1. The molecule has 1 amide bonds. The van der Waals surface area contributed by atoms with E-state index in [4.69, 9.17) is 5.26 Å². The summed E-state index contributed by atoms with van der Waals surface area (Å²) in [6, 6.07) is 5.70. The first-order valence-electron chi connectivity index (χ1n) is 6.42. The van der Waals surface area contributed by atoms with Crippen molar-refractivity contribution in [2.45, 2.75) is 6.04 Å². The van der Waals surface area contributed by atoms with Gasteiger partial charge in [-0.15, -0.1) is 0 Å². The van der Waals surface area contributed by atoms with Crippen LogP contribution in [0.5, 0.6) is 0 Å². The maximum absolute atomic E-state index is 13.2. The normalized spacial score (nSPS) is 18.5. The number of carbonyl (C=O) groups is 1. The average molecular weight is 276 g/mol. The molecule has 1 fully saturated rings. The minimum absolute atomic E-state index is 0.0367. The number of hydrogen-bond acceptors (Lipinski definition) is 4. The molecule has 0 aromatic heterocycles. The molecule has 1 unspecified atom stereocenters. The van der Waals surface area contributed by atoms with Gasteiger partial charge < -0.3 is 15.1 Å². The molecule has 20 heavy (non-hydrogen) atoms. The Kier molecular flexibility index (Phi) is 4.20. The van der Waals surface area contributed by atoms with Crippen LogP contribution in [0.1, 0.15) is 5.56 Å². The Labute approximate surface area is 117 Å². The lowest BCUT2D eigenvalue weighted by atomic mass is 10.1. The van der Waals surface area contributed by atoms with Crippen molar-refractivity contribution in [3.63, 3.8) is 0 Å². The Hall–Kier alpha value is -2.13. The van der Waals surface area contributed by atoms with Crippen molar-refractivity contribution in [3.8, 4) is 6.07 Å². The third-order valence-corrected chi connectivity index (χ3v) is 3.36. The van der Waals surface area contributed by atoms with Crippen LogP contribution in [0.2, 0.25) is 0 Å². The SMILES string of the molecule is CN(C)C(=O)C1CNCCN1c1ccc(F)cc1C#N. The molecule has 1 aliphatic rings. The fourth-order valence-corrected chi connectivity index (χ4v) is 2.36. The molecule has 0 radical (unpaired) electrons. The van der Waals surface area contributed by atoms with Gasteiger partial charge in [0.1, 0.15) is 17.9 Å². The molecule has 106 valence electrons. The Morgan fingerprint density at radius 1 is 1.55 bits per heavy atom. The van der Waals surface area contributed by atoms with Crippen molar-refractivity contribution >= 4 is 11.6 Å². The van der Waals surface area contributed by atoms with Gasteiger partial charge >= 0.3 is 0 Å². The van der Waals surface area contributed by atoms with Crippen molar-refractivity contribution in [1.29, 1.82) is 5.26 Å². The number of rotatable bonds is 2. The highest BCUT2D eigenvalue weighted by molar-refractivity contribution is 5.86. The Bertz CT molecular complexity index is 553. The quantitative estimate of drug-likeness (QED) is 0.857. The molecule has 5 nitrogen and oxygen atoms in total. The number of nitrogens with zero attached hydrogens (tertiary/aromatic N) is 3. The van der Waals surface area contributed by atoms with Crippen LogP contribution < -0.4 is 10.2 Å². The molecule has 6 heteroatoms. The molecule has 1 heterocycles. The van der Waals surface area contributed by atoms with Crippen LogP contribution >= 0.6 is 0 Å². The molecule has 1 saturated heterocycles. The summed E-state index contributed by atoms with van der Waals surface area (Å²) in [5.41, 5.74) is 0.860. The van der Waals surface area contributed by atoms with Gasteiger partial charge in [-0.05, 0) is 18.2 Å². The summed E-state index contributed by atoms with van der Waals surface area (Å²) in [4.78, 5) is 15.6. The number of hydrogen-bond donors (Lipinski definition) is 1. The molecular formula is C14H17FN4O. The second kappa shape index (κ2) is 5.88. The highest BCUT2D eigenvalue weighted by Gasteiger charge is 2.31. The van der Waals surface area contributed by atoms with Crippen LogP contribution in [0, 0.1) is 17.1 Å². The maximum atomic E-state index is 13.2. The average Bonchev–Trinajstić information content (AvgIpc) is 2.46. The summed E-state index contributed by atoms with van der Waals surface area (Å²) in [6.07, 6.45) is 0. The lowest BCUT2D eigenvalue weighted by Gasteiger charge is -2.38. The Morgan fingerprint density at radius 3 is 2.95 bits per heavy atom. The minimum Gasteiger partial charge on any atom is -0.356 e. The highest BCUT2D eigenvalue weighted by atomic mass is 19.1. The highest BCUT2D eigenvalue weighted by Crippen LogP contribution is 2.24. The van der Waals surface area contributed by atoms with Crippen LogP contribution in [-0.2, 0) is 4.79 Å². The summed E-state index contributed by atoms with van der Waals surface area (Å²) >= 11 is 0. The van der Waals surface area contributed by atoms with Gasteiger partial charge in [-0.2, -0.15) is 5.26 Å². The fourth-order valence-electron chi connectivity index (χ4n) is 2.36. The standard InChI is InChI=1S/C14H17FN4O/c1-18(2)14(20)13-9-17-5-6-19(13)12-4-3-11(15)7-10(12)8-16/h3-4,7,13,17H,5-6,9H2,1-2H3. The van der Waals surface area contributed by atoms with Crippen LogP contribution in [-0.4, -0.2) is 50.6 Å². The largest absolute Gasteiger partial charge is 0.356 e. The van der Waals surface area contributed by atoms with Gasteiger partial charge in [0.05, 0.1) is 11.3 Å². The molecule has 0 spiro atoms. The van der Waals surface area contributed by atoms with E-state index in [-0.39, 0.29) is 17.5 Å². The summed E-state index contributed by atoms with van der Waals surface area (Å²) in [5, 5.41) is 12.3. The van der Waals surface area contributed by atoms with E-state index in [1.165, 1.54) is 17.0 Å². The third kappa shape index (κ3) is 2.73. The number of nitriles is 1. The lowest BCUT2D eigenvalue weighted by molar-refractivity contribution is -0.130. The van der Waals surface area contributed by atoms with Gasteiger partial charge in [-0.3, -0.25) is 4.79 Å². The molecular weight excluding hydrogens is 259 g/mol. The van der Waals surface area contributed by atoms with Gasteiger partial charge in [0.25, 0.3) is 0 Å². The van der Waals surface area contributed by atoms with E-state index in [0.29, 0.717) is 18.8 Å². The number of nitrogens with one attached hydrogen (secondary N) is 1.